The molecule has 0 aliphatic carbocycles. The van der Waals surface area contributed by atoms with Crippen LogP contribution in [0.1, 0.15) is 27.0 Å². The second-order valence-corrected chi connectivity index (χ2v) is 9.23. The fourth-order valence-corrected chi connectivity index (χ4v) is 3.65. The van der Waals surface area contributed by atoms with Crippen LogP contribution in [0.4, 0.5) is 5.69 Å². The number of amides is 1. The third-order valence-electron chi connectivity index (χ3n) is 4.99. The van der Waals surface area contributed by atoms with Crippen LogP contribution in [0.2, 0.25) is 0 Å². The first kappa shape index (κ1) is 25.7. The first-order valence-electron chi connectivity index (χ1n) is 9.85. The lowest BCUT2D eigenvalue weighted by Gasteiger charge is -2.23. The van der Waals surface area contributed by atoms with Crippen LogP contribution in [0.15, 0.2) is 41.3 Å². The lowest BCUT2D eigenvalue weighted by atomic mass is 10.0. The van der Waals surface area contributed by atoms with Gasteiger partial charge in [-0.1, -0.05) is 17.7 Å². The average Bonchev–Trinajstić information content (AvgIpc) is 2.76. The zero-order valence-corrected chi connectivity index (χ0v) is 18.8. The van der Waals surface area contributed by atoms with Crippen LogP contribution in [0.5, 0.6) is 0 Å². The van der Waals surface area contributed by atoms with Crippen LogP contribution in [0.3, 0.4) is 0 Å². The van der Waals surface area contributed by atoms with Crippen LogP contribution in [0.25, 0.3) is 0 Å². The number of anilines is 1. The Labute approximate surface area is 186 Å². The highest BCUT2D eigenvalue weighted by atomic mass is 32.2. The van der Waals surface area contributed by atoms with E-state index < -0.39 is 40.8 Å². The second kappa shape index (κ2) is 10.9. The number of rotatable bonds is 10. The molecule has 7 N–H and O–H groups in total. The van der Waals surface area contributed by atoms with Gasteiger partial charge in [0, 0.05) is 12.2 Å². The molecule has 32 heavy (non-hydrogen) atoms. The summed E-state index contributed by atoms with van der Waals surface area (Å²) in [4.78, 5) is 14.8. The lowest BCUT2D eigenvalue weighted by molar-refractivity contribution is -0.0715. The number of nitrogens with one attached hydrogen (secondary N) is 3. The van der Waals surface area contributed by atoms with E-state index in [0.29, 0.717) is 0 Å². The number of hydrogen-bond donors (Lipinski definition) is 7. The maximum Gasteiger partial charge on any atom is 0.268 e. The van der Waals surface area contributed by atoms with Gasteiger partial charge >= 0.3 is 0 Å². The molecule has 0 saturated carbocycles. The fraction of sp³-hybridized carbons (Fsp3) is 0.381. The van der Waals surface area contributed by atoms with Gasteiger partial charge in [-0.25, -0.2) is 8.42 Å². The molecule has 2 rings (SSSR count). The minimum absolute atomic E-state index is 0.0126. The molecule has 2 aromatic carbocycles. The SMILES string of the molecule is Cc1ccc(S(=O)(=O)NNC(=O)c2cc(C)c(C)cc2NCC(O)C(O)C(O)CO)cc1. The number of benzene rings is 2. The molecule has 0 heterocycles. The standard InChI is InChI=1S/C21H29N3O7S/c1-12-4-6-15(7-5-12)32(30,31)24-23-21(29)16-8-13(2)14(3)9-17(16)22-10-18(26)20(28)19(27)11-25/h4-9,18-20,22,24-28H,10-11H2,1-3H3,(H,23,29). The third-order valence-corrected chi connectivity index (χ3v) is 6.25. The van der Waals surface area contributed by atoms with Crippen molar-refractivity contribution in [2.45, 2.75) is 44.0 Å². The summed E-state index contributed by atoms with van der Waals surface area (Å²) < 4.78 is 24.8. The predicted molar refractivity (Wildman–Crippen MR) is 118 cm³/mol. The fourth-order valence-electron chi connectivity index (χ4n) is 2.81. The number of carbonyl (C=O) groups excluding carboxylic acids is 1. The summed E-state index contributed by atoms with van der Waals surface area (Å²) in [6, 6.07) is 9.30. The monoisotopic (exact) mass is 467 g/mol. The number of hydrazine groups is 1. The van der Waals surface area contributed by atoms with E-state index in [-0.39, 0.29) is 22.7 Å². The van der Waals surface area contributed by atoms with Crippen molar-refractivity contribution in [1.82, 2.24) is 10.3 Å². The zero-order valence-electron chi connectivity index (χ0n) is 18.0. The van der Waals surface area contributed by atoms with Gasteiger partial charge in [0.15, 0.2) is 0 Å². The Morgan fingerprint density at radius 2 is 1.56 bits per heavy atom. The number of aliphatic hydroxyl groups is 4. The van der Waals surface area contributed by atoms with E-state index in [1.165, 1.54) is 12.1 Å². The van der Waals surface area contributed by atoms with E-state index in [4.69, 9.17) is 5.11 Å². The van der Waals surface area contributed by atoms with Crippen molar-refractivity contribution < 1.29 is 33.6 Å². The van der Waals surface area contributed by atoms with E-state index in [1.807, 2.05) is 13.8 Å². The van der Waals surface area contributed by atoms with E-state index >= 15 is 0 Å². The first-order valence-corrected chi connectivity index (χ1v) is 11.3. The van der Waals surface area contributed by atoms with Gasteiger partial charge in [-0.15, -0.1) is 4.83 Å². The van der Waals surface area contributed by atoms with Gasteiger partial charge in [0.1, 0.15) is 12.2 Å². The van der Waals surface area contributed by atoms with Gasteiger partial charge in [0.05, 0.1) is 23.2 Å². The van der Waals surface area contributed by atoms with Crippen molar-refractivity contribution in [2.24, 2.45) is 0 Å². The molecule has 0 spiro atoms. The van der Waals surface area contributed by atoms with Crippen molar-refractivity contribution in [1.29, 1.82) is 0 Å². The van der Waals surface area contributed by atoms with Crippen LogP contribution in [-0.2, 0) is 10.0 Å². The van der Waals surface area contributed by atoms with Gasteiger partial charge in [-0.2, -0.15) is 0 Å². The molecule has 0 aliphatic rings. The minimum Gasteiger partial charge on any atom is -0.394 e. The molecule has 0 radical (unpaired) electrons. The molecule has 0 aliphatic heterocycles. The molecule has 0 bridgehead atoms. The molecular weight excluding hydrogens is 438 g/mol. The molecule has 10 nitrogen and oxygen atoms in total. The topological polar surface area (TPSA) is 168 Å². The molecule has 2 aromatic rings. The van der Waals surface area contributed by atoms with Crippen molar-refractivity contribution in [3.05, 3.63) is 58.7 Å². The molecule has 3 atom stereocenters. The Balaban J connectivity index is 2.16. The Morgan fingerprint density at radius 1 is 0.969 bits per heavy atom. The summed E-state index contributed by atoms with van der Waals surface area (Å²) in [5.74, 6) is -0.739. The zero-order chi connectivity index (χ0) is 24.1. The van der Waals surface area contributed by atoms with Gasteiger partial charge in [-0.3, -0.25) is 10.2 Å². The number of aryl methyl sites for hydroxylation is 3. The van der Waals surface area contributed by atoms with Crippen LogP contribution >= 0.6 is 0 Å². The van der Waals surface area contributed by atoms with E-state index in [0.717, 1.165) is 16.7 Å². The maximum absolute atomic E-state index is 12.7. The normalized spacial score (nSPS) is 14.5. The summed E-state index contributed by atoms with van der Waals surface area (Å²) in [5.41, 5.74) is 5.05. The number of sulfonamides is 1. The molecule has 0 fully saturated rings. The van der Waals surface area contributed by atoms with Gasteiger partial charge < -0.3 is 25.7 Å². The average molecular weight is 468 g/mol. The number of aliphatic hydroxyl groups excluding tert-OH is 4. The third kappa shape index (κ3) is 6.48. The van der Waals surface area contributed by atoms with Gasteiger partial charge in [0.2, 0.25) is 0 Å². The van der Waals surface area contributed by atoms with Crippen LogP contribution < -0.4 is 15.6 Å². The largest absolute Gasteiger partial charge is 0.394 e. The highest BCUT2D eigenvalue weighted by Gasteiger charge is 2.25. The molecule has 0 aromatic heterocycles. The van der Waals surface area contributed by atoms with Gasteiger partial charge in [-0.05, 0) is 56.2 Å². The summed E-state index contributed by atoms with van der Waals surface area (Å²) in [7, 11) is -3.99. The number of hydrogen-bond acceptors (Lipinski definition) is 8. The minimum atomic E-state index is -3.99. The number of carbonyl (C=O) groups is 1. The van der Waals surface area contributed by atoms with Crippen LogP contribution in [0, 0.1) is 20.8 Å². The highest BCUT2D eigenvalue weighted by Crippen LogP contribution is 2.21. The highest BCUT2D eigenvalue weighted by molar-refractivity contribution is 7.89. The van der Waals surface area contributed by atoms with Crippen molar-refractivity contribution in [3.8, 4) is 0 Å². The molecule has 0 saturated heterocycles. The van der Waals surface area contributed by atoms with Crippen molar-refractivity contribution in [3.63, 3.8) is 0 Å². The van der Waals surface area contributed by atoms with Crippen LogP contribution in [-0.4, -0.2) is 66.2 Å². The van der Waals surface area contributed by atoms with E-state index in [9.17, 15) is 28.5 Å². The summed E-state index contributed by atoms with van der Waals surface area (Å²) in [6.45, 7) is 4.44. The van der Waals surface area contributed by atoms with E-state index in [1.54, 1.807) is 31.2 Å². The molecule has 3 unspecified atom stereocenters. The smallest absolute Gasteiger partial charge is 0.268 e. The molecule has 176 valence electrons. The summed E-state index contributed by atoms with van der Waals surface area (Å²) >= 11 is 0. The van der Waals surface area contributed by atoms with Crippen molar-refractivity contribution in [2.75, 3.05) is 18.5 Å². The maximum atomic E-state index is 12.7. The Kier molecular flexibility index (Phi) is 8.73. The Morgan fingerprint density at radius 3 is 2.16 bits per heavy atom. The summed E-state index contributed by atoms with van der Waals surface area (Å²) in [5, 5.41) is 41.0. The quantitative estimate of drug-likeness (QED) is 0.234. The second-order valence-electron chi connectivity index (χ2n) is 7.54. The first-order chi connectivity index (χ1) is 15.0. The van der Waals surface area contributed by atoms with Crippen molar-refractivity contribution >= 4 is 21.6 Å². The molecule has 1 amide bonds. The Bertz CT molecular complexity index is 1040. The van der Waals surface area contributed by atoms with Gasteiger partial charge in [0.25, 0.3) is 15.9 Å². The molecule has 11 heteroatoms. The van der Waals surface area contributed by atoms with E-state index in [2.05, 4.69) is 15.6 Å². The Hall–Kier alpha value is -2.54. The summed E-state index contributed by atoms with van der Waals surface area (Å²) in [6.07, 6.45) is -4.56. The predicted octanol–water partition coefficient (Wildman–Crippen LogP) is -0.278. The molecular formula is C21H29N3O7S. The lowest BCUT2D eigenvalue weighted by Crippen LogP contribution is -2.43.